The highest BCUT2D eigenvalue weighted by Gasteiger charge is 2.37. The first-order valence-electron chi connectivity index (χ1n) is 16.6. The summed E-state index contributed by atoms with van der Waals surface area (Å²) in [6.07, 6.45) is 9.10. The molecule has 4 heteroatoms. The van der Waals surface area contributed by atoms with Crippen molar-refractivity contribution in [2.45, 2.75) is 39.6 Å². The average molecular weight is 653 g/mol. The number of allylic oxidation sites excluding steroid dienone is 2. The van der Waals surface area contributed by atoms with E-state index in [0.29, 0.717) is 10.5 Å². The van der Waals surface area contributed by atoms with E-state index in [1.165, 1.54) is 59.4 Å². The number of hydrogen-bond acceptors (Lipinski definition) is 3. The Kier molecular flexibility index (Phi) is 6.25. The Labute approximate surface area is 289 Å². The van der Waals surface area contributed by atoms with E-state index < -0.39 is 0 Å². The zero-order valence-corrected chi connectivity index (χ0v) is 28.4. The summed E-state index contributed by atoms with van der Waals surface area (Å²) in [5.41, 5.74) is 12.2. The molecule has 0 amide bonds. The summed E-state index contributed by atoms with van der Waals surface area (Å²) in [6, 6.07) is 44.6. The van der Waals surface area contributed by atoms with Crippen LogP contribution < -0.4 is 0 Å². The largest absolute Gasteiger partial charge is 0.294 e. The van der Waals surface area contributed by atoms with Crippen LogP contribution in [0.25, 0.3) is 61.1 Å². The quantitative estimate of drug-likeness (QED) is 0.189. The molecule has 48 heavy (non-hydrogen) atoms. The molecule has 0 saturated heterocycles. The molecule has 10 rings (SSSR count). The van der Waals surface area contributed by atoms with Gasteiger partial charge in [0, 0.05) is 42.0 Å². The van der Waals surface area contributed by atoms with Crippen LogP contribution in [0.2, 0.25) is 0 Å². The molecule has 2 aliphatic carbocycles. The van der Waals surface area contributed by atoms with Crippen molar-refractivity contribution in [2.75, 3.05) is 0 Å². The number of aromatic nitrogens is 2. The van der Waals surface area contributed by atoms with Gasteiger partial charge in [-0.05, 0) is 69.8 Å². The van der Waals surface area contributed by atoms with Gasteiger partial charge in [0.05, 0.1) is 16.7 Å². The van der Waals surface area contributed by atoms with E-state index in [1.807, 2.05) is 23.5 Å². The van der Waals surface area contributed by atoms with Crippen LogP contribution in [0.15, 0.2) is 155 Å². The molecular weight excluding hydrogens is 621 g/mol. The number of rotatable bonds is 3. The molecule has 5 aromatic carbocycles. The third kappa shape index (κ3) is 4.25. The molecule has 0 radical (unpaired) electrons. The number of pyridine rings is 1. The first-order chi connectivity index (χ1) is 23.5. The summed E-state index contributed by atoms with van der Waals surface area (Å²) in [4.78, 5) is 8.16. The van der Waals surface area contributed by atoms with Crippen molar-refractivity contribution in [1.29, 1.82) is 0 Å². The second-order valence-electron chi connectivity index (χ2n) is 13.5. The van der Waals surface area contributed by atoms with Gasteiger partial charge in [-0.3, -0.25) is 4.57 Å². The average Bonchev–Trinajstić information content (AvgIpc) is 3.56. The number of thioether (sulfide) groups is 2. The number of hydrogen-bond donors (Lipinski definition) is 0. The fourth-order valence-electron chi connectivity index (χ4n) is 7.90. The topological polar surface area (TPSA) is 17.8 Å². The molecule has 0 bridgehead atoms. The predicted octanol–water partition coefficient (Wildman–Crippen LogP) is 11.9. The maximum Gasteiger partial charge on any atom is 0.138 e. The van der Waals surface area contributed by atoms with Crippen LogP contribution in [0.3, 0.4) is 0 Å². The highest BCUT2D eigenvalue weighted by Crippen LogP contribution is 2.53. The molecule has 1 aliphatic heterocycles. The van der Waals surface area contributed by atoms with Crippen molar-refractivity contribution in [3.05, 3.63) is 157 Å². The molecule has 0 fully saturated rings. The van der Waals surface area contributed by atoms with Crippen LogP contribution >= 0.6 is 23.5 Å². The number of benzene rings is 5. The zero-order valence-electron chi connectivity index (χ0n) is 26.7. The van der Waals surface area contributed by atoms with Crippen molar-refractivity contribution >= 4 is 45.3 Å². The van der Waals surface area contributed by atoms with Gasteiger partial charge in [-0.1, -0.05) is 123 Å². The van der Waals surface area contributed by atoms with E-state index in [9.17, 15) is 0 Å². The maximum atomic E-state index is 5.45. The Morgan fingerprint density at radius 3 is 1.94 bits per heavy atom. The van der Waals surface area contributed by atoms with Gasteiger partial charge in [0.25, 0.3) is 0 Å². The lowest BCUT2D eigenvalue weighted by Gasteiger charge is -2.29. The van der Waals surface area contributed by atoms with Crippen LogP contribution in [0.5, 0.6) is 0 Å². The number of nitrogens with zero attached hydrogens (tertiary/aromatic N) is 2. The van der Waals surface area contributed by atoms with Gasteiger partial charge >= 0.3 is 0 Å². The SMILES string of the molecule is CC1(C)c2ccccc2-c2cc3c4cc5c(cc4n(-c4cc(-c6ccccc6)cc(-c6ccccc6)n4)c3cc21)SC1C=CC=CC1S5. The standard InChI is InChI=1S/C44H32N2S2/c1-44(2)34-18-10-9-17-30(34)31-23-32-33-24-41-42(48-40-20-12-11-19-39(40)47-41)26-38(33)46(37(32)25-35(31)44)43-22-29(27-13-5-3-6-14-27)21-36(45-43)28-15-7-4-8-16-28/h3-26,39-40H,1-2H3. The van der Waals surface area contributed by atoms with Crippen molar-refractivity contribution in [3.63, 3.8) is 0 Å². The lowest BCUT2D eigenvalue weighted by atomic mass is 9.82. The van der Waals surface area contributed by atoms with E-state index in [0.717, 1.165) is 22.6 Å². The van der Waals surface area contributed by atoms with Gasteiger partial charge in [-0.15, -0.1) is 23.5 Å². The van der Waals surface area contributed by atoms with E-state index in [-0.39, 0.29) is 5.41 Å². The smallest absolute Gasteiger partial charge is 0.138 e. The Balaban J connectivity index is 1.30. The summed E-state index contributed by atoms with van der Waals surface area (Å²) in [5, 5.41) is 3.45. The first-order valence-corrected chi connectivity index (χ1v) is 18.4. The van der Waals surface area contributed by atoms with Crippen molar-refractivity contribution in [2.24, 2.45) is 0 Å². The van der Waals surface area contributed by atoms with Gasteiger partial charge < -0.3 is 0 Å². The summed E-state index contributed by atoms with van der Waals surface area (Å²) in [6.45, 7) is 4.74. The minimum absolute atomic E-state index is 0.102. The van der Waals surface area contributed by atoms with Crippen molar-refractivity contribution in [1.82, 2.24) is 9.55 Å². The van der Waals surface area contributed by atoms with E-state index >= 15 is 0 Å². The third-order valence-corrected chi connectivity index (χ3v) is 13.2. The molecule has 2 aromatic heterocycles. The van der Waals surface area contributed by atoms with E-state index in [4.69, 9.17) is 4.98 Å². The molecule has 3 heterocycles. The molecule has 2 atom stereocenters. The first kappa shape index (κ1) is 28.3. The molecular formula is C44H32N2S2. The fraction of sp³-hybridized carbons (Fsp3) is 0.114. The summed E-state index contributed by atoms with van der Waals surface area (Å²) in [7, 11) is 0. The minimum Gasteiger partial charge on any atom is -0.294 e. The molecule has 0 saturated carbocycles. The normalized spacial score (nSPS) is 18.5. The predicted molar refractivity (Wildman–Crippen MR) is 205 cm³/mol. The van der Waals surface area contributed by atoms with Crippen LogP contribution in [0, 0.1) is 0 Å². The second-order valence-corrected chi connectivity index (χ2v) is 15.9. The summed E-state index contributed by atoms with van der Waals surface area (Å²) < 4.78 is 2.44. The highest BCUT2D eigenvalue weighted by molar-refractivity contribution is 8.06. The monoisotopic (exact) mass is 652 g/mol. The molecule has 2 nitrogen and oxygen atoms in total. The van der Waals surface area contributed by atoms with E-state index in [2.05, 4.69) is 164 Å². The Hall–Kier alpha value is -4.77. The second kappa shape index (κ2) is 10.6. The van der Waals surface area contributed by atoms with Gasteiger partial charge in [0.1, 0.15) is 5.82 Å². The lowest BCUT2D eigenvalue weighted by Crippen LogP contribution is -2.20. The van der Waals surface area contributed by atoms with Crippen LogP contribution in [-0.2, 0) is 5.41 Å². The minimum atomic E-state index is -0.102. The maximum absolute atomic E-state index is 5.45. The fourth-order valence-corrected chi connectivity index (χ4v) is 10.6. The Morgan fingerprint density at radius 1 is 0.562 bits per heavy atom. The van der Waals surface area contributed by atoms with E-state index in [1.54, 1.807) is 0 Å². The Morgan fingerprint density at radius 2 is 1.19 bits per heavy atom. The van der Waals surface area contributed by atoms with Gasteiger partial charge in [-0.2, -0.15) is 0 Å². The van der Waals surface area contributed by atoms with Crippen LogP contribution in [-0.4, -0.2) is 20.1 Å². The molecule has 3 aliphatic rings. The van der Waals surface area contributed by atoms with Gasteiger partial charge in [-0.25, -0.2) is 4.98 Å². The third-order valence-electron chi connectivity index (χ3n) is 10.3. The van der Waals surface area contributed by atoms with Crippen molar-refractivity contribution in [3.8, 4) is 39.3 Å². The van der Waals surface area contributed by atoms with Gasteiger partial charge in [0.2, 0.25) is 0 Å². The number of fused-ring (bicyclic) bond motifs is 8. The highest BCUT2D eigenvalue weighted by atomic mass is 32.2. The Bertz CT molecular complexity index is 2430. The van der Waals surface area contributed by atoms with Crippen LogP contribution in [0.4, 0.5) is 0 Å². The summed E-state index contributed by atoms with van der Waals surface area (Å²) >= 11 is 3.99. The summed E-state index contributed by atoms with van der Waals surface area (Å²) in [5.74, 6) is 0.940. The zero-order chi connectivity index (χ0) is 32.0. The van der Waals surface area contributed by atoms with Gasteiger partial charge in [0.15, 0.2) is 0 Å². The lowest BCUT2D eigenvalue weighted by molar-refractivity contribution is 0.661. The molecule has 7 aromatic rings. The molecule has 2 unspecified atom stereocenters. The molecule has 0 spiro atoms. The molecule has 230 valence electrons. The van der Waals surface area contributed by atoms with Crippen LogP contribution in [0.1, 0.15) is 25.0 Å². The molecule has 0 N–H and O–H groups in total. The van der Waals surface area contributed by atoms with Crippen molar-refractivity contribution < 1.29 is 0 Å².